The highest BCUT2D eigenvalue weighted by Gasteiger charge is 2.16. The van der Waals surface area contributed by atoms with Crippen molar-refractivity contribution in [1.29, 1.82) is 0 Å². The van der Waals surface area contributed by atoms with Crippen LogP contribution in [0.2, 0.25) is 0 Å². The number of aryl methyl sites for hydroxylation is 1. The zero-order valence-electron chi connectivity index (χ0n) is 12.8. The minimum atomic E-state index is -0.591. The number of H-pyrrole nitrogens is 1. The number of rotatable bonds is 5. The first kappa shape index (κ1) is 15.1. The summed E-state index contributed by atoms with van der Waals surface area (Å²) in [4.78, 5) is 12.1. The van der Waals surface area contributed by atoms with E-state index < -0.39 is 6.10 Å². The molecule has 0 saturated heterocycles. The Morgan fingerprint density at radius 2 is 1.90 bits per heavy atom. The first-order valence-corrected chi connectivity index (χ1v) is 7.05. The Kier molecular flexibility index (Phi) is 4.62. The van der Waals surface area contributed by atoms with E-state index in [-0.39, 0.29) is 5.91 Å². The first-order valence-electron chi connectivity index (χ1n) is 7.05. The molecule has 0 spiro atoms. The molecule has 1 atom stereocenters. The highest BCUT2D eigenvalue weighted by atomic mass is 16.5. The van der Waals surface area contributed by atoms with Gasteiger partial charge in [0.05, 0.1) is 0 Å². The molecule has 1 aromatic carbocycles. The Hall–Kier alpha value is -2.30. The number of anilines is 1. The molecular formula is C16H21N3O2. The molecule has 0 aliphatic carbocycles. The van der Waals surface area contributed by atoms with Crippen LogP contribution in [-0.2, 0) is 4.79 Å². The van der Waals surface area contributed by atoms with Crippen molar-refractivity contribution in [3.05, 3.63) is 41.6 Å². The highest BCUT2D eigenvalue weighted by molar-refractivity contribution is 5.93. The number of nitrogens with zero attached hydrogens (tertiary/aromatic N) is 1. The van der Waals surface area contributed by atoms with Gasteiger partial charge < -0.3 is 10.1 Å². The molecular weight excluding hydrogens is 266 g/mol. The van der Waals surface area contributed by atoms with Crippen molar-refractivity contribution in [2.24, 2.45) is 0 Å². The molecule has 0 aliphatic heterocycles. The van der Waals surface area contributed by atoms with Crippen LogP contribution in [0.5, 0.6) is 5.75 Å². The minimum absolute atomic E-state index is 0.225. The zero-order chi connectivity index (χ0) is 15.4. The summed E-state index contributed by atoms with van der Waals surface area (Å²) in [7, 11) is 0. The summed E-state index contributed by atoms with van der Waals surface area (Å²) in [5, 5.41) is 9.71. The SMILES string of the molecule is Cc1ccc(OC(C)C(=O)Nc2cc(C(C)C)[nH]n2)cc1. The van der Waals surface area contributed by atoms with Crippen molar-refractivity contribution in [2.45, 2.75) is 39.7 Å². The molecule has 2 rings (SSSR count). The van der Waals surface area contributed by atoms with Gasteiger partial charge in [-0.25, -0.2) is 0 Å². The average molecular weight is 287 g/mol. The fourth-order valence-corrected chi connectivity index (χ4v) is 1.80. The number of ether oxygens (including phenoxy) is 1. The second kappa shape index (κ2) is 6.43. The minimum Gasteiger partial charge on any atom is -0.481 e. The largest absolute Gasteiger partial charge is 0.481 e. The van der Waals surface area contributed by atoms with Crippen LogP contribution in [0.15, 0.2) is 30.3 Å². The lowest BCUT2D eigenvalue weighted by Crippen LogP contribution is -2.30. The van der Waals surface area contributed by atoms with Crippen molar-refractivity contribution in [1.82, 2.24) is 10.2 Å². The van der Waals surface area contributed by atoms with E-state index in [0.717, 1.165) is 11.3 Å². The van der Waals surface area contributed by atoms with Gasteiger partial charge in [0.25, 0.3) is 5.91 Å². The third kappa shape index (κ3) is 4.08. The Morgan fingerprint density at radius 3 is 2.48 bits per heavy atom. The summed E-state index contributed by atoms with van der Waals surface area (Å²) in [5.41, 5.74) is 2.13. The molecule has 0 saturated carbocycles. The van der Waals surface area contributed by atoms with Crippen molar-refractivity contribution in [2.75, 3.05) is 5.32 Å². The van der Waals surface area contributed by atoms with Crippen molar-refractivity contribution in [3.8, 4) is 5.75 Å². The monoisotopic (exact) mass is 287 g/mol. The molecule has 5 nitrogen and oxygen atoms in total. The first-order chi connectivity index (χ1) is 9.95. The van der Waals surface area contributed by atoms with Crippen LogP contribution in [0.1, 0.15) is 37.9 Å². The summed E-state index contributed by atoms with van der Waals surface area (Å²) in [6, 6.07) is 9.43. The highest BCUT2D eigenvalue weighted by Crippen LogP contribution is 2.16. The van der Waals surface area contributed by atoms with Crippen LogP contribution in [-0.4, -0.2) is 22.2 Å². The van der Waals surface area contributed by atoms with Gasteiger partial charge in [0.2, 0.25) is 0 Å². The van der Waals surface area contributed by atoms with Crippen LogP contribution >= 0.6 is 0 Å². The number of aromatic nitrogens is 2. The summed E-state index contributed by atoms with van der Waals surface area (Å²) < 4.78 is 5.61. The molecule has 2 aromatic rings. The Morgan fingerprint density at radius 1 is 1.24 bits per heavy atom. The summed E-state index contributed by atoms with van der Waals surface area (Å²) in [5.74, 6) is 1.30. The fraction of sp³-hybridized carbons (Fsp3) is 0.375. The third-order valence-electron chi connectivity index (χ3n) is 3.17. The van der Waals surface area contributed by atoms with Gasteiger partial charge in [0.15, 0.2) is 11.9 Å². The molecule has 0 aliphatic rings. The van der Waals surface area contributed by atoms with Gasteiger partial charge in [-0.05, 0) is 31.9 Å². The number of carbonyl (C=O) groups is 1. The summed E-state index contributed by atoms with van der Waals surface area (Å²) in [6.45, 7) is 7.83. The number of carbonyl (C=O) groups excluding carboxylic acids is 1. The lowest BCUT2D eigenvalue weighted by molar-refractivity contribution is -0.122. The predicted molar refractivity (Wildman–Crippen MR) is 82.6 cm³/mol. The van der Waals surface area contributed by atoms with E-state index in [1.54, 1.807) is 6.92 Å². The Bertz CT molecular complexity index is 602. The van der Waals surface area contributed by atoms with E-state index >= 15 is 0 Å². The van der Waals surface area contributed by atoms with Gasteiger partial charge in [0, 0.05) is 11.8 Å². The maximum Gasteiger partial charge on any atom is 0.266 e. The van der Waals surface area contributed by atoms with E-state index in [1.807, 2.05) is 37.3 Å². The lowest BCUT2D eigenvalue weighted by Gasteiger charge is -2.13. The number of amides is 1. The standard InChI is InChI=1S/C16H21N3O2/c1-10(2)14-9-15(19-18-14)17-16(20)12(4)21-13-7-5-11(3)6-8-13/h5-10,12H,1-4H3,(H2,17,18,19,20). The number of benzene rings is 1. The van der Waals surface area contributed by atoms with Gasteiger partial charge in [-0.1, -0.05) is 31.5 Å². The molecule has 1 heterocycles. The molecule has 1 aromatic heterocycles. The quantitative estimate of drug-likeness (QED) is 0.887. The van der Waals surface area contributed by atoms with Crippen LogP contribution in [0, 0.1) is 6.92 Å². The van der Waals surface area contributed by atoms with E-state index in [4.69, 9.17) is 4.74 Å². The van der Waals surface area contributed by atoms with Gasteiger partial charge in [-0.2, -0.15) is 5.10 Å². The topological polar surface area (TPSA) is 67.0 Å². The second-order valence-electron chi connectivity index (χ2n) is 5.43. The molecule has 0 bridgehead atoms. The zero-order valence-corrected chi connectivity index (χ0v) is 12.8. The van der Waals surface area contributed by atoms with Crippen LogP contribution in [0.3, 0.4) is 0 Å². The van der Waals surface area contributed by atoms with Crippen molar-refractivity contribution >= 4 is 11.7 Å². The van der Waals surface area contributed by atoms with Gasteiger partial charge in [0.1, 0.15) is 5.75 Å². The number of nitrogens with one attached hydrogen (secondary N) is 2. The summed E-state index contributed by atoms with van der Waals surface area (Å²) >= 11 is 0. The maximum absolute atomic E-state index is 12.1. The normalized spacial score (nSPS) is 12.2. The van der Waals surface area contributed by atoms with E-state index in [9.17, 15) is 4.79 Å². The molecule has 0 fully saturated rings. The Balaban J connectivity index is 1.94. The van der Waals surface area contributed by atoms with Crippen LogP contribution in [0.25, 0.3) is 0 Å². The number of hydrogen-bond donors (Lipinski definition) is 2. The van der Waals surface area contributed by atoms with E-state index in [0.29, 0.717) is 17.5 Å². The molecule has 21 heavy (non-hydrogen) atoms. The molecule has 1 unspecified atom stereocenters. The Labute approximate surface area is 124 Å². The van der Waals surface area contributed by atoms with Crippen LogP contribution < -0.4 is 10.1 Å². The van der Waals surface area contributed by atoms with Gasteiger partial charge in [-0.3, -0.25) is 9.89 Å². The maximum atomic E-state index is 12.1. The molecule has 112 valence electrons. The fourth-order valence-electron chi connectivity index (χ4n) is 1.80. The molecule has 1 amide bonds. The molecule has 2 N–H and O–H groups in total. The van der Waals surface area contributed by atoms with Gasteiger partial charge in [-0.15, -0.1) is 0 Å². The second-order valence-corrected chi connectivity index (χ2v) is 5.43. The van der Waals surface area contributed by atoms with E-state index in [2.05, 4.69) is 29.4 Å². The molecule has 0 radical (unpaired) electrons. The smallest absolute Gasteiger partial charge is 0.266 e. The summed E-state index contributed by atoms with van der Waals surface area (Å²) in [6.07, 6.45) is -0.591. The van der Waals surface area contributed by atoms with Gasteiger partial charge >= 0.3 is 0 Å². The number of aromatic amines is 1. The lowest BCUT2D eigenvalue weighted by atomic mass is 10.1. The average Bonchev–Trinajstić information content (AvgIpc) is 2.90. The predicted octanol–water partition coefficient (Wildman–Crippen LogP) is 3.25. The van der Waals surface area contributed by atoms with E-state index in [1.165, 1.54) is 0 Å². The third-order valence-corrected chi connectivity index (χ3v) is 3.17. The molecule has 5 heteroatoms. The van der Waals surface area contributed by atoms with Crippen LogP contribution in [0.4, 0.5) is 5.82 Å². The number of hydrogen-bond acceptors (Lipinski definition) is 3. The van der Waals surface area contributed by atoms with Crippen molar-refractivity contribution in [3.63, 3.8) is 0 Å². The van der Waals surface area contributed by atoms with Crippen molar-refractivity contribution < 1.29 is 9.53 Å².